The summed E-state index contributed by atoms with van der Waals surface area (Å²) in [5.74, 6) is 0.336. The monoisotopic (exact) mass is 488 g/mol. The Hall–Kier alpha value is -4.32. The molecule has 0 unspecified atom stereocenters. The molecule has 2 aromatic rings. The minimum atomic E-state index is -0.705. The maximum atomic E-state index is 13.7. The largest absolute Gasteiger partial charge is 0.493 e. The molecule has 0 saturated heterocycles. The van der Waals surface area contributed by atoms with Gasteiger partial charge in [-0.3, -0.25) is 19.8 Å². The first-order valence-corrected chi connectivity index (χ1v) is 11.5. The van der Waals surface area contributed by atoms with Crippen molar-refractivity contribution in [3.05, 3.63) is 80.3 Å². The molecule has 9 nitrogen and oxygen atoms in total. The van der Waals surface area contributed by atoms with Crippen molar-refractivity contribution < 1.29 is 19.2 Å². The van der Waals surface area contributed by atoms with Crippen LogP contribution in [-0.4, -0.2) is 24.9 Å². The zero-order valence-electron chi connectivity index (χ0n) is 20.9. The Morgan fingerprint density at radius 3 is 2.44 bits per heavy atom. The molecule has 0 amide bonds. The molecule has 2 N–H and O–H groups in total. The first-order chi connectivity index (χ1) is 17.0. The molecule has 9 heteroatoms. The number of nitrogens with two attached hydrogens (primary N) is 1. The number of rotatable bonds is 5. The predicted molar refractivity (Wildman–Crippen MR) is 134 cm³/mol. The molecule has 4 rings (SSSR count). The molecular weight excluding hydrogens is 460 g/mol. The van der Waals surface area contributed by atoms with Crippen molar-refractivity contribution in [1.29, 1.82) is 5.26 Å². The van der Waals surface area contributed by atoms with Crippen molar-refractivity contribution in [2.75, 3.05) is 19.1 Å². The minimum absolute atomic E-state index is 0.0885. The number of ketones is 1. The molecule has 36 heavy (non-hydrogen) atoms. The predicted octanol–water partition coefficient (Wildman–Crippen LogP) is 4.86. The van der Waals surface area contributed by atoms with Gasteiger partial charge >= 0.3 is 0 Å². The van der Waals surface area contributed by atoms with Gasteiger partial charge in [0, 0.05) is 29.8 Å². The van der Waals surface area contributed by atoms with Gasteiger partial charge in [-0.15, -0.1) is 0 Å². The second-order valence-corrected chi connectivity index (χ2v) is 9.82. The average Bonchev–Trinajstić information content (AvgIpc) is 2.82. The van der Waals surface area contributed by atoms with E-state index in [0.29, 0.717) is 46.9 Å². The average molecular weight is 489 g/mol. The molecular formula is C27H28N4O5. The van der Waals surface area contributed by atoms with Crippen LogP contribution in [0.3, 0.4) is 0 Å². The van der Waals surface area contributed by atoms with Crippen LogP contribution in [0.25, 0.3) is 0 Å². The number of methoxy groups -OCH3 is 2. The van der Waals surface area contributed by atoms with E-state index in [1.54, 1.807) is 29.2 Å². The van der Waals surface area contributed by atoms with Crippen LogP contribution in [0.4, 0.5) is 11.4 Å². The van der Waals surface area contributed by atoms with E-state index in [-0.39, 0.29) is 28.3 Å². The molecule has 0 bridgehead atoms. The van der Waals surface area contributed by atoms with Crippen LogP contribution in [0.15, 0.2) is 59.1 Å². The standard InChI is InChI=1S/C27H28N4O5/c1-15-6-8-17(31(33)34)11-19(15)30-20-12-27(2,3)13-21(32)25(20)24(18(14-28)26(30)29)16-7-9-22(35-4)23(10-16)36-5/h6-11,24H,12-13,29H2,1-5H3/t24-/m0/s1. The fraction of sp³-hybridized carbons (Fsp3) is 0.333. The Balaban J connectivity index is 2.03. The van der Waals surface area contributed by atoms with Gasteiger partial charge < -0.3 is 15.2 Å². The zero-order valence-corrected chi connectivity index (χ0v) is 20.9. The highest BCUT2D eigenvalue weighted by atomic mass is 16.6. The van der Waals surface area contributed by atoms with E-state index in [4.69, 9.17) is 15.2 Å². The number of allylic oxidation sites excluding steroid dienone is 3. The van der Waals surface area contributed by atoms with Gasteiger partial charge in [0.15, 0.2) is 17.3 Å². The molecule has 2 aromatic carbocycles. The van der Waals surface area contributed by atoms with E-state index in [1.165, 1.54) is 26.4 Å². The number of aryl methyl sites for hydroxylation is 1. The van der Waals surface area contributed by atoms with Gasteiger partial charge in [0.05, 0.1) is 42.4 Å². The third-order valence-electron chi connectivity index (χ3n) is 6.77. The lowest BCUT2D eigenvalue weighted by Gasteiger charge is -2.44. The van der Waals surface area contributed by atoms with E-state index in [0.717, 1.165) is 5.56 Å². The lowest BCUT2D eigenvalue weighted by Crippen LogP contribution is -2.42. The number of hydrogen-bond acceptors (Lipinski definition) is 8. The lowest BCUT2D eigenvalue weighted by molar-refractivity contribution is -0.384. The summed E-state index contributed by atoms with van der Waals surface area (Å²) in [7, 11) is 3.05. The van der Waals surface area contributed by atoms with Crippen LogP contribution in [0.2, 0.25) is 0 Å². The zero-order chi connectivity index (χ0) is 26.4. The summed E-state index contributed by atoms with van der Waals surface area (Å²) in [5.41, 5.74) is 9.38. The SMILES string of the molecule is COc1ccc([C@H]2C(C#N)=C(N)N(c3cc([N+](=O)[O-])ccc3C)C3=C2C(=O)CC(C)(C)C3)cc1OC. The first-order valence-electron chi connectivity index (χ1n) is 11.5. The number of non-ortho nitro benzene ring substituents is 1. The van der Waals surface area contributed by atoms with E-state index in [9.17, 15) is 20.2 Å². The third kappa shape index (κ3) is 4.05. The Labute approximate surface area is 209 Å². The summed E-state index contributed by atoms with van der Waals surface area (Å²) in [6, 6.07) is 12.0. The number of nitrogens with zero attached hydrogens (tertiary/aromatic N) is 3. The second kappa shape index (κ2) is 9.04. The number of anilines is 1. The number of ether oxygens (including phenoxy) is 2. The van der Waals surface area contributed by atoms with Crippen LogP contribution in [0, 0.1) is 33.8 Å². The molecule has 0 aromatic heterocycles. The van der Waals surface area contributed by atoms with Crippen molar-refractivity contribution >= 4 is 17.2 Å². The maximum Gasteiger partial charge on any atom is 0.271 e. The van der Waals surface area contributed by atoms with Gasteiger partial charge in [0.2, 0.25) is 0 Å². The molecule has 0 spiro atoms. The van der Waals surface area contributed by atoms with Crippen molar-refractivity contribution in [2.45, 2.75) is 39.5 Å². The molecule has 0 radical (unpaired) electrons. The quantitative estimate of drug-likeness (QED) is 0.466. The van der Waals surface area contributed by atoms with Crippen molar-refractivity contribution in [2.24, 2.45) is 11.1 Å². The van der Waals surface area contributed by atoms with Gasteiger partial charge in [0.1, 0.15) is 5.82 Å². The number of nitriles is 1. The van der Waals surface area contributed by atoms with Crippen LogP contribution in [0.1, 0.15) is 43.7 Å². The molecule has 2 aliphatic rings. The van der Waals surface area contributed by atoms with Crippen LogP contribution >= 0.6 is 0 Å². The molecule has 1 aliphatic heterocycles. The molecule has 1 heterocycles. The van der Waals surface area contributed by atoms with Gasteiger partial charge in [-0.1, -0.05) is 26.0 Å². The van der Waals surface area contributed by atoms with E-state index in [1.807, 2.05) is 20.8 Å². The highest BCUT2D eigenvalue weighted by molar-refractivity contribution is 6.01. The number of benzene rings is 2. The molecule has 0 saturated carbocycles. The van der Waals surface area contributed by atoms with Crippen molar-refractivity contribution in [3.8, 4) is 17.6 Å². The van der Waals surface area contributed by atoms with Crippen LogP contribution < -0.4 is 20.1 Å². The number of Topliss-reactive ketones (excluding diaryl/α,β-unsaturated/α-hetero) is 1. The third-order valence-corrected chi connectivity index (χ3v) is 6.77. The number of nitro benzene ring substituents is 1. The Morgan fingerprint density at radius 2 is 1.83 bits per heavy atom. The number of hydrogen-bond donors (Lipinski definition) is 1. The van der Waals surface area contributed by atoms with Crippen LogP contribution in [-0.2, 0) is 4.79 Å². The van der Waals surface area contributed by atoms with Gasteiger partial charge in [-0.25, -0.2) is 0 Å². The summed E-state index contributed by atoms with van der Waals surface area (Å²) in [6.07, 6.45) is 0.801. The molecule has 1 atom stereocenters. The Morgan fingerprint density at radius 1 is 1.14 bits per heavy atom. The highest BCUT2D eigenvalue weighted by Crippen LogP contribution is 2.51. The topological polar surface area (TPSA) is 132 Å². The second-order valence-electron chi connectivity index (χ2n) is 9.82. The normalized spacial score (nSPS) is 19.1. The Kier molecular flexibility index (Phi) is 6.23. The summed E-state index contributed by atoms with van der Waals surface area (Å²) >= 11 is 0. The number of carbonyl (C=O) groups is 1. The minimum Gasteiger partial charge on any atom is -0.493 e. The van der Waals surface area contributed by atoms with E-state index in [2.05, 4.69) is 6.07 Å². The Bertz CT molecular complexity index is 1380. The summed E-state index contributed by atoms with van der Waals surface area (Å²) < 4.78 is 10.8. The number of carbonyl (C=O) groups excluding carboxylic acids is 1. The van der Waals surface area contributed by atoms with Gasteiger partial charge in [-0.2, -0.15) is 5.26 Å². The molecule has 186 valence electrons. The first kappa shape index (κ1) is 24.8. The van der Waals surface area contributed by atoms with Gasteiger partial charge in [0.25, 0.3) is 5.69 Å². The van der Waals surface area contributed by atoms with Crippen molar-refractivity contribution in [3.63, 3.8) is 0 Å². The van der Waals surface area contributed by atoms with E-state index < -0.39 is 10.8 Å². The fourth-order valence-corrected chi connectivity index (χ4v) is 5.10. The van der Waals surface area contributed by atoms with Crippen molar-refractivity contribution in [1.82, 2.24) is 0 Å². The van der Waals surface area contributed by atoms with E-state index >= 15 is 0 Å². The maximum absolute atomic E-state index is 13.7. The summed E-state index contributed by atoms with van der Waals surface area (Å²) in [6.45, 7) is 5.81. The summed E-state index contributed by atoms with van der Waals surface area (Å²) in [5, 5.41) is 21.8. The summed E-state index contributed by atoms with van der Waals surface area (Å²) in [4.78, 5) is 26.4. The smallest absolute Gasteiger partial charge is 0.271 e. The lowest BCUT2D eigenvalue weighted by atomic mass is 9.68. The van der Waals surface area contributed by atoms with Gasteiger partial charge in [-0.05, 0) is 42.0 Å². The van der Waals surface area contributed by atoms with Crippen LogP contribution in [0.5, 0.6) is 11.5 Å². The highest BCUT2D eigenvalue weighted by Gasteiger charge is 2.45. The fourth-order valence-electron chi connectivity index (χ4n) is 5.10. The number of nitro groups is 1. The molecule has 1 aliphatic carbocycles. The molecule has 0 fully saturated rings.